The molecule has 2 aromatic carbocycles. The van der Waals surface area contributed by atoms with Crippen LogP contribution in [0.5, 0.6) is 5.88 Å². The Kier molecular flexibility index (Phi) is 2.12. The van der Waals surface area contributed by atoms with Gasteiger partial charge in [0.1, 0.15) is 0 Å². The average Bonchev–Trinajstić information content (AvgIpc) is 2.96. The lowest BCUT2D eigenvalue weighted by molar-refractivity contribution is 0.457. The number of hydrogen-bond donors (Lipinski definition) is 2. The second-order valence-corrected chi connectivity index (χ2v) is 4.85. The third-order valence-corrected chi connectivity index (χ3v) is 3.66. The smallest absolute Gasteiger partial charge is 0.199 e. The standard InChI is InChI=1S/C17H12N2O/c1-10-11-6-2-3-7-12(11)16(18-10)15-13-8-4-5-9-14(13)19-17(15)20/h2-9,19-20H,1H2. The van der Waals surface area contributed by atoms with Crippen LogP contribution in [0.1, 0.15) is 16.7 Å². The molecule has 4 rings (SSSR count). The summed E-state index contributed by atoms with van der Waals surface area (Å²) in [6.07, 6.45) is 0. The average molecular weight is 260 g/mol. The SMILES string of the molecule is C=C1N=C(c2c(O)[nH]c3ccccc23)c2ccccc21. The minimum atomic E-state index is 0.148. The number of aromatic nitrogens is 1. The predicted molar refractivity (Wildman–Crippen MR) is 81.1 cm³/mol. The van der Waals surface area contributed by atoms with Crippen LogP contribution >= 0.6 is 0 Å². The number of nitrogens with zero attached hydrogens (tertiary/aromatic N) is 1. The number of fused-ring (bicyclic) bond motifs is 2. The van der Waals surface area contributed by atoms with Gasteiger partial charge in [-0.15, -0.1) is 0 Å². The second-order valence-electron chi connectivity index (χ2n) is 4.85. The Morgan fingerprint density at radius 2 is 1.65 bits per heavy atom. The molecule has 1 aliphatic heterocycles. The van der Waals surface area contributed by atoms with Gasteiger partial charge in [0.2, 0.25) is 0 Å². The number of aromatic amines is 1. The highest BCUT2D eigenvalue weighted by Crippen LogP contribution is 2.36. The summed E-state index contributed by atoms with van der Waals surface area (Å²) in [5.41, 5.74) is 5.19. The highest BCUT2D eigenvalue weighted by Gasteiger charge is 2.24. The van der Waals surface area contributed by atoms with E-state index in [2.05, 4.69) is 16.6 Å². The number of H-pyrrole nitrogens is 1. The van der Waals surface area contributed by atoms with Crippen LogP contribution in [0, 0.1) is 0 Å². The van der Waals surface area contributed by atoms with Gasteiger partial charge in [0.15, 0.2) is 5.88 Å². The molecule has 0 saturated heterocycles. The fourth-order valence-electron chi connectivity index (χ4n) is 2.75. The lowest BCUT2D eigenvalue weighted by atomic mass is 9.99. The monoisotopic (exact) mass is 260 g/mol. The molecule has 1 aliphatic rings. The van der Waals surface area contributed by atoms with Gasteiger partial charge in [-0.1, -0.05) is 49.0 Å². The summed E-state index contributed by atoms with van der Waals surface area (Å²) >= 11 is 0. The zero-order valence-corrected chi connectivity index (χ0v) is 10.7. The number of nitrogens with one attached hydrogen (secondary N) is 1. The molecule has 20 heavy (non-hydrogen) atoms. The summed E-state index contributed by atoms with van der Waals surface area (Å²) in [5.74, 6) is 0.148. The summed E-state index contributed by atoms with van der Waals surface area (Å²) in [6.45, 7) is 3.99. The molecule has 0 bridgehead atoms. The molecule has 0 amide bonds. The Morgan fingerprint density at radius 1 is 0.950 bits per heavy atom. The third-order valence-electron chi connectivity index (χ3n) is 3.66. The van der Waals surface area contributed by atoms with E-state index in [1.807, 2.05) is 48.5 Å². The maximum Gasteiger partial charge on any atom is 0.199 e. The lowest BCUT2D eigenvalue weighted by Gasteiger charge is -2.02. The maximum absolute atomic E-state index is 10.2. The molecule has 0 saturated carbocycles. The highest BCUT2D eigenvalue weighted by atomic mass is 16.3. The Hall–Kier alpha value is -2.81. The largest absolute Gasteiger partial charge is 0.494 e. The van der Waals surface area contributed by atoms with E-state index in [4.69, 9.17) is 0 Å². The van der Waals surface area contributed by atoms with Gasteiger partial charge in [-0.3, -0.25) is 0 Å². The van der Waals surface area contributed by atoms with Crippen molar-refractivity contribution >= 4 is 22.3 Å². The Morgan fingerprint density at radius 3 is 2.50 bits per heavy atom. The van der Waals surface area contributed by atoms with E-state index in [0.717, 1.165) is 39.0 Å². The molecule has 96 valence electrons. The number of aromatic hydroxyl groups is 1. The van der Waals surface area contributed by atoms with Crippen molar-refractivity contribution < 1.29 is 5.11 Å². The van der Waals surface area contributed by atoms with Crippen LogP contribution < -0.4 is 0 Å². The summed E-state index contributed by atoms with van der Waals surface area (Å²) in [7, 11) is 0. The summed E-state index contributed by atoms with van der Waals surface area (Å²) < 4.78 is 0. The summed E-state index contributed by atoms with van der Waals surface area (Å²) in [4.78, 5) is 7.55. The number of hydrogen-bond acceptors (Lipinski definition) is 2. The van der Waals surface area contributed by atoms with Crippen molar-refractivity contribution in [1.82, 2.24) is 4.98 Å². The molecule has 3 nitrogen and oxygen atoms in total. The topological polar surface area (TPSA) is 48.4 Å². The van der Waals surface area contributed by atoms with Gasteiger partial charge in [-0.2, -0.15) is 0 Å². The van der Waals surface area contributed by atoms with E-state index in [-0.39, 0.29) is 5.88 Å². The summed E-state index contributed by atoms with van der Waals surface area (Å²) in [6, 6.07) is 15.8. The van der Waals surface area contributed by atoms with Crippen molar-refractivity contribution in [2.75, 3.05) is 0 Å². The molecule has 3 aromatic rings. The third kappa shape index (κ3) is 1.37. The maximum atomic E-state index is 10.2. The molecule has 0 fully saturated rings. The second kappa shape index (κ2) is 3.84. The fraction of sp³-hybridized carbons (Fsp3) is 0. The highest BCUT2D eigenvalue weighted by molar-refractivity contribution is 6.26. The quantitative estimate of drug-likeness (QED) is 0.688. The van der Waals surface area contributed by atoms with Gasteiger partial charge in [-0.05, 0) is 6.07 Å². The van der Waals surface area contributed by atoms with Crippen molar-refractivity contribution in [3.05, 3.63) is 71.8 Å². The van der Waals surface area contributed by atoms with E-state index in [0.29, 0.717) is 0 Å². The van der Waals surface area contributed by atoms with Crippen molar-refractivity contribution in [3.63, 3.8) is 0 Å². The van der Waals surface area contributed by atoms with E-state index < -0.39 is 0 Å². The first-order valence-corrected chi connectivity index (χ1v) is 6.43. The normalized spacial score (nSPS) is 13.6. The van der Waals surface area contributed by atoms with Gasteiger partial charge in [-0.25, -0.2) is 4.99 Å². The number of benzene rings is 2. The molecule has 1 aromatic heterocycles. The molecule has 2 N–H and O–H groups in total. The van der Waals surface area contributed by atoms with Gasteiger partial charge in [0.05, 0.1) is 17.0 Å². The van der Waals surface area contributed by atoms with Gasteiger partial charge >= 0.3 is 0 Å². The zero-order valence-electron chi connectivity index (χ0n) is 10.7. The predicted octanol–water partition coefficient (Wildman–Crippen LogP) is 3.70. The first-order chi connectivity index (χ1) is 9.75. The molecular weight excluding hydrogens is 248 g/mol. The Labute approximate surface area is 115 Å². The minimum absolute atomic E-state index is 0.148. The molecule has 0 atom stereocenters. The van der Waals surface area contributed by atoms with Gasteiger partial charge in [0.25, 0.3) is 0 Å². The first kappa shape index (κ1) is 11.1. The number of aliphatic imine (C=N–C) groups is 1. The zero-order chi connectivity index (χ0) is 13.7. The Balaban J connectivity index is 2.04. The fourth-order valence-corrected chi connectivity index (χ4v) is 2.75. The molecule has 0 spiro atoms. The van der Waals surface area contributed by atoms with Crippen LogP contribution in [-0.4, -0.2) is 15.8 Å². The molecule has 2 heterocycles. The number of para-hydroxylation sites is 1. The van der Waals surface area contributed by atoms with Gasteiger partial charge in [0, 0.05) is 22.0 Å². The van der Waals surface area contributed by atoms with Gasteiger partial charge < -0.3 is 10.1 Å². The first-order valence-electron chi connectivity index (χ1n) is 6.43. The molecular formula is C17H12N2O. The minimum Gasteiger partial charge on any atom is -0.494 e. The molecule has 0 unspecified atom stereocenters. The number of rotatable bonds is 1. The molecule has 3 heteroatoms. The molecule has 0 radical (unpaired) electrons. The van der Waals surface area contributed by atoms with Crippen molar-refractivity contribution in [3.8, 4) is 5.88 Å². The van der Waals surface area contributed by atoms with E-state index >= 15 is 0 Å². The van der Waals surface area contributed by atoms with Crippen molar-refractivity contribution in [2.45, 2.75) is 0 Å². The van der Waals surface area contributed by atoms with Crippen molar-refractivity contribution in [2.24, 2.45) is 4.99 Å². The van der Waals surface area contributed by atoms with Crippen LogP contribution in [0.2, 0.25) is 0 Å². The van der Waals surface area contributed by atoms with Crippen LogP contribution in [0.4, 0.5) is 0 Å². The van der Waals surface area contributed by atoms with E-state index in [9.17, 15) is 5.11 Å². The van der Waals surface area contributed by atoms with Crippen LogP contribution in [0.15, 0.2) is 60.1 Å². The van der Waals surface area contributed by atoms with Crippen molar-refractivity contribution in [1.29, 1.82) is 0 Å². The van der Waals surface area contributed by atoms with E-state index in [1.165, 1.54) is 0 Å². The summed E-state index contributed by atoms with van der Waals surface area (Å²) in [5, 5.41) is 11.2. The lowest BCUT2D eigenvalue weighted by Crippen LogP contribution is -2.00. The van der Waals surface area contributed by atoms with Crippen LogP contribution in [-0.2, 0) is 0 Å². The Bertz CT molecular complexity index is 887. The molecule has 0 aliphatic carbocycles. The van der Waals surface area contributed by atoms with E-state index in [1.54, 1.807) is 0 Å². The van der Waals surface area contributed by atoms with Crippen LogP contribution in [0.25, 0.3) is 16.6 Å². The van der Waals surface area contributed by atoms with Crippen LogP contribution in [0.3, 0.4) is 0 Å².